The lowest BCUT2D eigenvalue weighted by Crippen LogP contribution is -2.39. The van der Waals surface area contributed by atoms with Gasteiger partial charge in [-0.2, -0.15) is 5.10 Å². The molecule has 1 aromatic carbocycles. The first-order valence-corrected chi connectivity index (χ1v) is 9.03. The van der Waals surface area contributed by atoms with Crippen molar-refractivity contribution in [2.24, 2.45) is 12.0 Å². The van der Waals surface area contributed by atoms with Crippen LogP contribution in [-0.2, 0) is 19.9 Å². The molecule has 2 rings (SSSR count). The maximum Gasteiger partial charge on any atom is 0.190 e. The maximum absolute atomic E-state index is 5.39. The number of rotatable bonds is 7. The van der Waals surface area contributed by atoms with Crippen molar-refractivity contribution in [3.05, 3.63) is 46.3 Å². The van der Waals surface area contributed by atoms with E-state index < -0.39 is 0 Å². The molecule has 0 fully saturated rings. The first-order valence-electron chi connectivity index (χ1n) is 9.03. The van der Waals surface area contributed by atoms with Crippen LogP contribution in [0.25, 0.3) is 0 Å². The summed E-state index contributed by atoms with van der Waals surface area (Å²) < 4.78 is 7.33. The molecule has 0 atom stereocenters. The Bertz CT molecular complexity index is 770. The second-order valence-corrected chi connectivity index (χ2v) is 6.50. The highest BCUT2D eigenvalue weighted by molar-refractivity contribution is 14.0. The van der Waals surface area contributed by atoms with E-state index in [9.17, 15) is 0 Å². The third kappa shape index (κ3) is 6.41. The van der Waals surface area contributed by atoms with Crippen LogP contribution >= 0.6 is 24.0 Å². The second kappa shape index (κ2) is 11.2. The van der Waals surface area contributed by atoms with E-state index in [2.05, 4.69) is 59.7 Å². The van der Waals surface area contributed by atoms with E-state index in [0.29, 0.717) is 0 Å². The van der Waals surface area contributed by atoms with Gasteiger partial charge in [-0.1, -0.05) is 12.1 Å². The van der Waals surface area contributed by atoms with Gasteiger partial charge in [0.1, 0.15) is 5.75 Å². The molecule has 27 heavy (non-hydrogen) atoms. The average molecular weight is 485 g/mol. The van der Waals surface area contributed by atoms with Gasteiger partial charge in [0.05, 0.1) is 12.8 Å². The second-order valence-electron chi connectivity index (χ2n) is 6.50. The van der Waals surface area contributed by atoms with Crippen molar-refractivity contribution in [1.29, 1.82) is 0 Å². The van der Waals surface area contributed by atoms with E-state index in [4.69, 9.17) is 4.74 Å². The van der Waals surface area contributed by atoms with Gasteiger partial charge in [0.25, 0.3) is 0 Å². The Morgan fingerprint density at radius 1 is 1.15 bits per heavy atom. The minimum atomic E-state index is 0. The fourth-order valence-electron chi connectivity index (χ4n) is 3.05. The number of methoxy groups -OCH3 is 1. The van der Waals surface area contributed by atoms with E-state index in [1.54, 1.807) is 14.2 Å². The number of hydrogen-bond donors (Lipinski definition) is 2. The molecule has 0 spiro atoms. The summed E-state index contributed by atoms with van der Waals surface area (Å²) in [4.78, 5) is 4.30. The third-order valence-corrected chi connectivity index (χ3v) is 4.73. The van der Waals surface area contributed by atoms with Crippen molar-refractivity contribution in [2.75, 3.05) is 27.2 Å². The Hall–Kier alpha value is -1.77. The molecule has 2 aromatic rings. The van der Waals surface area contributed by atoms with Crippen LogP contribution in [0.2, 0.25) is 0 Å². The van der Waals surface area contributed by atoms with Gasteiger partial charge < -0.3 is 15.4 Å². The Morgan fingerprint density at radius 3 is 2.37 bits per heavy atom. The van der Waals surface area contributed by atoms with Crippen LogP contribution in [0, 0.1) is 20.8 Å². The maximum atomic E-state index is 5.39. The van der Waals surface area contributed by atoms with Crippen LogP contribution in [0.5, 0.6) is 5.75 Å². The Kier molecular flexibility index (Phi) is 9.62. The molecule has 0 aliphatic heterocycles. The Labute approximate surface area is 179 Å². The molecule has 0 amide bonds. The van der Waals surface area contributed by atoms with Gasteiger partial charge in [-0.05, 0) is 56.4 Å². The van der Waals surface area contributed by atoms with Gasteiger partial charge in [0, 0.05) is 32.9 Å². The predicted octanol–water partition coefficient (Wildman–Crippen LogP) is 2.92. The smallest absolute Gasteiger partial charge is 0.190 e. The highest BCUT2D eigenvalue weighted by atomic mass is 127. The number of nitrogens with zero attached hydrogens (tertiary/aromatic N) is 3. The van der Waals surface area contributed by atoms with Crippen LogP contribution < -0.4 is 15.4 Å². The molecule has 1 aromatic heterocycles. The molecule has 7 heteroatoms. The molecule has 0 unspecified atom stereocenters. The van der Waals surface area contributed by atoms with Gasteiger partial charge in [0.2, 0.25) is 0 Å². The first-order chi connectivity index (χ1) is 12.5. The number of aryl methyl sites for hydroxylation is 3. The van der Waals surface area contributed by atoms with Gasteiger partial charge in [-0.3, -0.25) is 9.67 Å². The molecule has 150 valence electrons. The molecule has 0 radical (unpaired) electrons. The van der Waals surface area contributed by atoms with E-state index in [0.717, 1.165) is 48.9 Å². The molecular weight excluding hydrogens is 453 g/mol. The normalized spacial score (nSPS) is 11.1. The van der Waals surface area contributed by atoms with E-state index >= 15 is 0 Å². The zero-order valence-corrected chi connectivity index (χ0v) is 19.5. The number of guanidine groups is 1. The fourth-order valence-corrected chi connectivity index (χ4v) is 3.05. The number of halogens is 1. The molecule has 0 saturated carbocycles. The quantitative estimate of drug-likeness (QED) is 0.360. The lowest BCUT2D eigenvalue weighted by molar-refractivity contribution is 0.411. The van der Waals surface area contributed by atoms with Crippen molar-refractivity contribution in [3.63, 3.8) is 0 Å². The Balaban J connectivity index is 0.00000364. The fraction of sp³-hybridized carbons (Fsp3) is 0.500. The highest BCUT2D eigenvalue weighted by Gasteiger charge is 2.09. The minimum absolute atomic E-state index is 0. The highest BCUT2D eigenvalue weighted by Crippen LogP contribution is 2.19. The molecule has 0 bridgehead atoms. The summed E-state index contributed by atoms with van der Waals surface area (Å²) in [5.74, 6) is 1.76. The Morgan fingerprint density at radius 2 is 1.81 bits per heavy atom. The van der Waals surface area contributed by atoms with Crippen molar-refractivity contribution >= 4 is 29.9 Å². The summed E-state index contributed by atoms with van der Waals surface area (Å²) in [7, 11) is 5.49. The van der Waals surface area contributed by atoms with Gasteiger partial charge in [-0.15, -0.1) is 24.0 Å². The molecule has 2 N–H and O–H groups in total. The zero-order chi connectivity index (χ0) is 19.1. The molecule has 0 aliphatic carbocycles. The number of aliphatic imine (C=N–C) groups is 1. The van der Waals surface area contributed by atoms with Crippen LogP contribution in [0.1, 0.15) is 28.1 Å². The van der Waals surface area contributed by atoms with Crippen molar-refractivity contribution in [2.45, 2.75) is 33.6 Å². The van der Waals surface area contributed by atoms with Crippen LogP contribution in [0.3, 0.4) is 0 Å². The number of aromatic nitrogens is 2. The largest absolute Gasteiger partial charge is 0.496 e. The third-order valence-electron chi connectivity index (χ3n) is 4.73. The standard InChI is InChI=1S/C20H31N5O.HI/c1-14-7-8-17(13-19(14)26-6)9-11-22-20(21-4)23-12-10-18-15(2)24-25(5)16(18)3;/h7-8,13H,9-12H2,1-6H3,(H2,21,22,23);1H. The molecule has 6 nitrogen and oxygen atoms in total. The van der Waals surface area contributed by atoms with E-state index in [1.165, 1.54) is 16.8 Å². The first kappa shape index (κ1) is 23.3. The predicted molar refractivity (Wildman–Crippen MR) is 123 cm³/mol. The van der Waals surface area contributed by atoms with Gasteiger partial charge in [0.15, 0.2) is 5.96 Å². The van der Waals surface area contributed by atoms with Gasteiger partial charge >= 0.3 is 0 Å². The van der Waals surface area contributed by atoms with Crippen molar-refractivity contribution in [3.8, 4) is 5.75 Å². The molecule has 1 heterocycles. The lowest BCUT2D eigenvalue weighted by atomic mass is 10.1. The van der Waals surface area contributed by atoms with Crippen LogP contribution in [0.4, 0.5) is 0 Å². The van der Waals surface area contributed by atoms with Crippen molar-refractivity contribution in [1.82, 2.24) is 20.4 Å². The molecule has 0 aliphatic rings. The summed E-state index contributed by atoms with van der Waals surface area (Å²) in [6.07, 6.45) is 1.85. The summed E-state index contributed by atoms with van der Waals surface area (Å²) in [6, 6.07) is 6.34. The number of hydrogen-bond acceptors (Lipinski definition) is 3. The summed E-state index contributed by atoms with van der Waals surface area (Å²) in [6.45, 7) is 7.87. The van der Waals surface area contributed by atoms with Crippen LogP contribution in [0.15, 0.2) is 23.2 Å². The molecule has 0 saturated heterocycles. The van der Waals surface area contributed by atoms with Crippen LogP contribution in [-0.4, -0.2) is 43.0 Å². The summed E-state index contributed by atoms with van der Waals surface area (Å²) in [5.41, 5.74) is 6.03. The molecular formula is C20H32IN5O. The van der Waals surface area contributed by atoms with E-state index in [1.807, 2.05) is 11.7 Å². The minimum Gasteiger partial charge on any atom is -0.496 e. The van der Waals surface area contributed by atoms with E-state index in [-0.39, 0.29) is 24.0 Å². The number of benzene rings is 1. The number of nitrogens with one attached hydrogen (secondary N) is 2. The average Bonchev–Trinajstić information content (AvgIpc) is 2.87. The SMILES string of the molecule is CN=C(NCCc1ccc(C)c(OC)c1)NCCc1c(C)nn(C)c1C.I. The monoisotopic (exact) mass is 485 g/mol. The zero-order valence-electron chi connectivity index (χ0n) is 17.2. The summed E-state index contributed by atoms with van der Waals surface area (Å²) >= 11 is 0. The lowest BCUT2D eigenvalue weighted by Gasteiger charge is -2.13. The van der Waals surface area contributed by atoms with Crippen molar-refractivity contribution < 1.29 is 4.74 Å². The topological polar surface area (TPSA) is 63.5 Å². The summed E-state index contributed by atoms with van der Waals surface area (Å²) in [5, 5.41) is 11.2. The van der Waals surface area contributed by atoms with Gasteiger partial charge in [-0.25, -0.2) is 0 Å². The number of ether oxygens (including phenoxy) is 1.